The highest BCUT2D eigenvalue weighted by Gasteiger charge is 2.44. The van der Waals surface area contributed by atoms with Gasteiger partial charge in [0.25, 0.3) is 0 Å². The Morgan fingerprint density at radius 3 is 2.53 bits per heavy atom. The number of carbonyl (C=O) groups is 1. The molecule has 1 amide bonds. The zero-order valence-corrected chi connectivity index (χ0v) is 18.4. The summed E-state index contributed by atoms with van der Waals surface area (Å²) >= 11 is 0. The van der Waals surface area contributed by atoms with Crippen LogP contribution in [0.15, 0.2) is 47.7 Å². The van der Waals surface area contributed by atoms with Crippen molar-refractivity contribution >= 4 is 17.8 Å². The largest absolute Gasteiger partial charge is 0.356 e. The van der Waals surface area contributed by atoms with E-state index in [1.165, 1.54) is 6.07 Å². The smallest absolute Gasteiger partial charge is 0.225 e. The average molecular weight is 440 g/mol. The van der Waals surface area contributed by atoms with Crippen molar-refractivity contribution in [3.63, 3.8) is 0 Å². The summed E-state index contributed by atoms with van der Waals surface area (Å²) in [5, 5.41) is 6.56. The molecule has 1 saturated heterocycles. The number of benzene rings is 1. The first-order valence-corrected chi connectivity index (χ1v) is 11.1. The highest BCUT2D eigenvalue weighted by molar-refractivity contribution is 5.81. The van der Waals surface area contributed by atoms with Crippen LogP contribution < -0.4 is 15.5 Å². The molecule has 170 valence electrons. The molecule has 0 bridgehead atoms. The number of carbonyl (C=O) groups excluding carboxylic acids is 1. The Labute approximate surface area is 188 Å². The van der Waals surface area contributed by atoms with Crippen molar-refractivity contribution in [1.82, 2.24) is 25.5 Å². The number of amides is 1. The number of aromatic nitrogens is 2. The molecule has 1 aliphatic heterocycles. The summed E-state index contributed by atoms with van der Waals surface area (Å²) in [6.07, 6.45) is 5.92. The summed E-state index contributed by atoms with van der Waals surface area (Å²) in [6, 6.07) is 8.63. The van der Waals surface area contributed by atoms with Gasteiger partial charge in [0.05, 0.1) is 0 Å². The standard InChI is InChI=1S/C23H30FN7O/c1-25-21(29-17-23(7-8-23)18-4-2-5-19(24)16-18)26-11-6-20(32)30-12-14-31(15-13-30)22-27-9-3-10-28-22/h2-5,9-10,16H,6-8,11-15,17H2,1H3,(H2,25,26,29). The van der Waals surface area contributed by atoms with Crippen LogP contribution in [-0.2, 0) is 10.2 Å². The number of rotatable bonds is 7. The molecule has 1 aliphatic carbocycles. The molecule has 0 radical (unpaired) electrons. The fourth-order valence-corrected chi connectivity index (χ4v) is 4.07. The van der Waals surface area contributed by atoms with Crippen molar-refractivity contribution in [2.75, 3.05) is 51.2 Å². The Bertz CT molecular complexity index is 940. The maximum Gasteiger partial charge on any atom is 0.225 e. The minimum atomic E-state index is -0.202. The number of aliphatic imine (C=N–C) groups is 1. The van der Waals surface area contributed by atoms with Crippen LogP contribution >= 0.6 is 0 Å². The van der Waals surface area contributed by atoms with Crippen LogP contribution in [0.3, 0.4) is 0 Å². The summed E-state index contributed by atoms with van der Waals surface area (Å²) in [4.78, 5) is 29.4. The van der Waals surface area contributed by atoms with E-state index in [1.54, 1.807) is 37.6 Å². The topological polar surface area (TPSA) is 85.8 Å². The molecule has 2 aromatic rings. The van der Waals surface area contributed by atoms with Crippen LogP contribution in [0.4, 0.5) is 10.3 Å². The van der Waals surface area contributed by atoms with Gasteiger partial charge in [-0.1, -0.05) is 12.1 Å². The van der Waals surface area contributed by atoms with E-state index in [0.29, 0.717) is 44.5 Å². The Hall–Kier alpha value is -3.23. The van der Waals surface area contributed by atoms with Gasteiger partial charge in [0.15, 0.2) is 5.96 Å². The molecular formula is C23H30FN7O. The van der Waals surface area contributed by atoms with E-state index in [0.717, 1.165) is 31.5 Å². The lowest BCUT2D eigenvalue weighted by Crippen LogP contribution is -2.50. The number of nitrogens with zero attached hydrogens (tertiary/aromatic N) is 5. The van der Waals surface area contributed by atoms with Crippen LogP contribution in [0.25, 0.3) is 0 Å². The van der Waals surface area contributed by atoms with Gasteiger partial charge in [0, 0.05) is 70.5 Å². The molecule has 0 unspecified atom stereocenters. The van der Waals surface area contributed by atoms with E-state index in [4.69, 9.17) is 0 Å². The number of hydrogen-bond acceptors (Lipinski definition) is 5. The Morgan fingerprint density at radius 1 is 1.12 bits per heavy atom. The summed E-state index contributed by atoms with van der Waals surface area (Å²) in [5.41, 5.74) is 0.994. The minimum absolute atomic E-state index is 0.0301. The van der Waals surface area contributed by atoms with E-state index in [1.807, 2.05) is 11.0 Å². The number of nitrogens with one attached hydrogen (secondary N) is 2. The third-order valence-corrected chi connectivity index (χ3v) is 6.21. The molecule has 2 fully saturated rings. The van der Waals surface area contributed by atoms with E-state index in [9.17, 15) is 9.18 Å². The van der Waals surface area contributed by atoms with Crippen molar-refractivity contribution < 1.29 is 9.18 Å². The molecular weight excluding hydrogens is 409 g/mol. The van der Waals surface area contributed by atoms with Gasteiger partial charge in [0.2, 0.25) is 11.9 Å². The van der Waals surface area contributed by atoms with Crippen molar-refractivity contribution in [3.8, 4) is 0 Å². The lowest BCUT2D eigenvalue weighted by atomic mass is 9.96. The van der Waals surface area contributed by atoms with Gasteiger partial charge in [-0.2, -0.15) is 0 Å². The average Bonchev–Trinajstić information content (AvgIpc) is 3.63. The molecule has 9 heteroatoms. The zero-order chi connectivity index (χ0) is 22.4. The van der Waals surface area contributed by atoms with Crippen LogP contribution in [0.5, 0.6) is 0 Å². The second kappa shape index (κ2) is 9.93. The van der Waals surface area contributed by atoms with Gasteiger partial charge in [-0.3, -0.25) is 9.79 Å². The maximum absolute atomic E-state index is 13.6. The van der Waals surface area contributed by atoms with Crippen LogP contribution in [0.1, 0.15) is 24.8 Å². The Balaban J connectivity index is 1.18. The summed E-state index contributed by atoms with van der Waals surface area (Å²) in [5.74, 6) is 1.29. The molecule has 8 nitrogen and oxygen atoms in total. The molecule has 2 heterocycles. The molecule has 2 N–H and O–H groups in total. The normalized spacial score (nSPS) is 17.8. The number of piperazine rings is 1. The first-order valence-electron chi connectivity index (χ1n) is 11.1. The van der Waals surface area contributed by atoms with Crippen LogP contribution in [0, 0.1) is 5.82 Å². The van der Waals surface area contributed by atoms with Crippen molar-refractivity contribution in [3.05, 3.63) is 54.1 Å². The number of hydrogen-bond donors (Lipinski definition) is 2. The third-order valence-electron chi connectivity index (χ3n) is 6.21. The van der Waals surface area contributed by atoms with Gasteiger partial charge in [0.1, 0.15) is 5.82 Å². The molecule has 1 aromatic carbocycles. The van der Waals surface area contributed by atoms with E-state index in [-0.39, 0.29) is 17.1 Å². The fourth-order valence-electron chi connectivity index (χ4n) is 4.07. The monoisotopic (exact) mass is 439 g/mol. The molecule has 4 rings (SSSR count). The lowest BCUT2D eigenvalue weighted by molar-refractivity contribution is -0.131. The highest BCUT2D eigenvalue weighted by atomic mass is 19.1. The number of halogens is 1. The first kappa shape index (κ1) is 22.0. The molecule has 0 atom stereocenters. The second-order valence-corrected chi connectivity index (χ2v) is 8.31. The number of guanidine groups is 1. The van der Waals surface area contributed by atoms with E-state index in [2.05, 4.69) is 30.5 Å². The predicted molar refractivity (Wildman–Crippen MR) is 122 cm³/mol. The number of anilines is 1. The van der Waals surface area contributed by atoms with E-state index < -0.39 is 0 Å². The molecule has 1 aromatic heterocycles. The first-order chi connectivity index (χ1) is 15.6. The summed E-state index contributed by atoms with van der Waals surface area (Å²) in [7, 11) is 1.71. The maximum atomic E-state index is 13.6. The molecule has 0 spiro atoms. The predicted octanol–water partition coefficient (Wildman–Crippen LogP) is 1.55. The third kappa shape index (κ3) is 5.33. The SMILES string of the molecule is CN=C(NCCC(=O)N1CCN(c2ncccn2)CC1)NCC1(c2cccc(F)c2)CC1. The molecule has 1 saturated carbocycles. The molecule has 32 heavy (non-hydrogen) atoms. The summed E-state index contributed by atoms with van der Waals surface area (Å²) < 4.78 is 13.6. The molecule has 2 aliphatic rings. The van der Waals surface area contributed by atoms with Crippen molar-refractivity contribution in [2.24, 2.45) is 4.99 Å². The van der Waals surface area contributed by atoms with Crippen molar-refractivity contribution in [1.29, 1.82) is 0 Å². The minimum Gasteiger partial charge on any atom is -0.356 e. The Morgan fingerprint density at radius 2 is 1.88 bits per heavy atom. The van der Waals surface area contributed by atoms with Gasteiger partial charge in [-0.15, -0.1) is 0 Å². The van der Waals surface area contributed by atoms with Gasteiger partial charge in [-0.05, 0) is 36.6 Å². The van der Waals surface area contributed by atoms with Gasteiger partial charge in [-0.25, -0.2) is 14.4 Å². The van der Waals surface area contributed by atoms with Crippen molar-refractivity contribution in [2.45, 2.75) is 24.7 Å². The summed E-state index contributed by atoms with van der Waals surface area (Å²) in [6.45, 7) is 3.99. The highest BCUT2D eigenvalue weighted by Crippen LogP contribution is 2.47. The van der Waals surface area contributed by atoms with Gasteiger partial charge < -0.3 is 20.4 Å². The quantitative estimate of drug-likeness (QED) is 0.503. The second-order valence-electron chi connectivity index (χ2n) is 8.31. The Kier molecular flexibility index (Phi) is 6.82. The van der Waals surface area contributed by atoms with Crippen LogP contribution in [0.2, 0.25) is 0 Å². The van der Waals surface area contributed by atoms with Gasteiger partial charge >= 0.3 is 0 Å². The van der Waals surface area contributed by atoms with E-state index >= 15 is 0 Å². The fraction of sp³-hybridized carbons (Fsp3) is 0.478. The lowest BCUT2D eigenvalue weighted by Gasteiger charge is -2.34. The zero-order valence-electron chi connectivity index (χ0n) is 18.4. The van der Waals surface area contributed by atoms with Crippen LogP contribution in [-0.4, -0.2) is 73.1 Å².